The summed E-state index contributed by atoms with van der Waals surface area (Å²) in [6.07, 6.45) is 6.37. The molecule has 0 saturated heterocycles. The Hall–Kier alpha value is -0.890. The molecular formula is C10H17NO. The minimum atomic E-state index is 0.0958. The van der Waals surface area contributed by atoms with E-state index in [1.165, 1.54) is 0 Å². The number of carbonyl (C=O) groups excluding carboxylic acids is 1. The van der Waals surface area contributed by atoms with Crippen LogP contribution in [-0.4, -0.2) is 11.8 Å². The molecule has 0 aromatic heterocycles. The van der Waals surface area contributed by atoms with E-state index in [4.69, 9.17) is 5.73 Å². The Morgan fingerprint density at radius 3 is 2.50 bits per heavy atom. The molecule has 2 nitrogen and oxygen atoms in total. The van der Waals surface area contributed by atoms with Gasteiger partial charge in [-0.2, -0.15) is 0 Å². The summed E-state index contributed by atoms with van der Waals surface area (Å²) >= 11 is 0. The number of rotatable bonds is 4. The van der Waals surface area contributed by atoms with Gasteiger partial charge in [-0.25, -0.2) is 0 Å². The van der Waals surface area contributed by atoms with Gasteiger partial charge in [0.05, 0.1) is 0 Å². The van der Waals surface area contributed by atoms with Crippen molar-refractivity contribution in [3.63, 3.8) is 0 Å². The number of hydrogen-bond acceptors (Lipinski definition) is 2. The molecule has 0 amide bonds. The first-order valence-corrected chi connectivity index (χ1v) is 4.17. The Kier molecular flexibility index (Phi) is 5.30. The molecule has 0 spiro atoms. The van der Waals surface area contributed by atoms with E-state index in [1.807, 2.05) is 26.0 Å². The minimum absolute atomic E-state index is 0.0958. The van der Waals surface area contributed by atoms with Gasteiger partial charge in [0.1, 0.15) is 0 Å². The van der Waals surface area contributed by atoms with Crippen molar-refractivity contribution >= 4 is 5.78 Å². The maximum Gasteiger partial charge on any atom is 0.159 e. The topological polar surface area (TPSA) is 43.1 Å². The van der Waals surface area contributed by atoms with Crippen molar-refractivity contribution in [2.45, 2.75) is 33.2 Å². The fourth-order valence-electron chi connectivity index (χ4n) is 0.827. The molecule has 12 heavy (non-hydrogen) atoms. The van der Waals surface area contributed by atoms with Gasteiger partial charge in [0.15, 0.2) is 5.78 Å². The summed E-state index contributed by atoms with van der Waals surface area (Å²) in [5.74, 6) is 0.0958. The third-order valence-corrected chi connectivity index (χ3v) is 1.52. The predicted octanol–water partition coefficient (Wildman–Crippen LogP) is 1.82. The van der Waals surface area contributed by atoms with Crippen LogP contribution in [0.4, 0.5) is 0 Å². The highest BCUT2D eigenvalue weighted by molar-refractivity contribution is 5.95. The van der Waals surface area contributed by atoms with E-state index < -0.39 is 0 Å². The van der Waals surface area contributed by atoms with E-state index in [-0.39, 0.29) is 11.8 Å². The van der Waals surface area contributed by atoms with Crippen LogP contribution in [0.25, 0.3) is 0 Å². The van der Waals surface area contributed by atoms with Gasteiger partial charge >= 0.3 is 0 Å². The van der Waals surface area contributed by atoms with Crippen LogP contribution >= 0.6 is 0 Å². The van der Waals surface area contributed by atoms with Gasteiger partial charge in [0, 0.05) is 11.6 Å². The van der Waals surface area contributed by atoms with Crippen molar-refractivity contribution in [3.8, 4) is 0 Å². The van der Waals surface area contributed by atoms with Crippen LogP contribution in [0, 0.1) is 0 Å². The first kappa shape index (κ1) is 11.1. The molecule has 1 atom stereocenters. The molecule has 2 heteroatoms. The van der Waals surface area contributed by atoms with Crippen molar-refractivity contribution in [3.05, 3.63) is 23.8 Å². The number of carbonyl (C=O) groups is 1. The highest BCUT2D eigenvalue weighted by atomic mass is 16.1. The zero-order chi connectivity index (χ0) is 9.56. The smallest absolute Gasteiger partial charge is 0.159 e. The second-order valence-corrected chi connectivity index (χ2v) is 2.92. The van der Waals surface area contributed by atoms with Crippen LogP contribution in [0.3, 0.4) is 0 Å². The third kappa shape index (κ3) is 4.85. The molecule has 0 bridgehead atoms. The van der Waals surface area contributed by atoms with Crippen LogP contribution in [-0.2, 0) is 4.79 Å². The zero-order valence-corrected chi connectivity index (χ0v) is 8.00. The molecule has 0 aliphatic heterocycles. The highest BCUT2D eigenvalue weighted by Crippen LogP contribution is 2.00. The van der Waals surface area contributed by atoms with Crippen molar-refractivity contribution in [2.75, 3.05) is 0 Å². The van der Waals surface area contributed by atoms with Crippen LogP contribution < -0.4 is 5.73 Å². The molecule has 2 N–H and O–H groups in total. The maximum absolute atomic E-state index is 10.9. The molecule has 0 aromatic carbocycles. The zero-order valence-electron chi connectivity index (χ0n) is 8.00. The molecule has 0 saturated carbocycles. The lowest BCUT2D eigenvalue weighted by Gasteiger charge is -1.98. The fourth-order valence-corrected chi connectivity index (χ4v) is 0.827. The van der Waals surface area contributed by atoms with E-state index in [2.05, 4.69) is 0 Å². The standard InChI is InChI=1S/C10H17NO/c1-4-10(9(3)12)7-5-6-8(2)11/h4-5,7-8H,6,11H2,1-3H3/b7-5-,10-4+/t8-/m0/s1. The Bertz CT molecular complexity index is 202. The molecule has 0 fully saturated rings. The maximum atomic E-state index is 10.9. The summed E-state index contributed by atoms with van der Waals surface area (Å²) in [5.41, 5.74) is 6.29. The van der Waals surface area contributed by atoms with Gasteiger partial charge in [-0.3, -0.25) is 4.79 Å². The van der Waals surface area contributed by atoms with E-state index >= 15 is 0 Å². The van der Waals surface area contributed by atoms with E-state index in [0.717, 1.165) is 12.0 Å². The van der Waals surface area contributed by atoms with Crippen molar-refractivity contribution < 1.29 is 4.79 Å². The summed E-state index contributed by atoms with van der Waals surface area (Å²) in [6, 6.07) is 0.159. The quantitative estimate of drug-likeness (QED) is 0.512. The fraction of sp³-hybridized carbons (Fsp3) is 0.500. The molecular weight excluding hydrogens is 150 g/mol. The van der Waals surface area contributed by atoms with Gasteiger partial charge in [-0.1, -0.05) is 18.2 Å². The second-order valence-electron chi connectivity index (χ2n) is 2.92. The Labute approximate surface area is 74.1 Å². The van der Waals surface area contributed by atoms with Crippen molar-refractivity contribution in [2.24, 2.45) is 5.73 Å². The van der Waals surface area contributed by atoms with E-state index in [0.29, 0.717) is 0 Å². The second kappa shape index (κ2) is 5.72. The molecule has 0 aliphatic carbocycles. The average Bonchev–Trinajstić information content (AvgIpc) is 1.96. The van der Waals surface area contributed by atoms with Crippen LogP contribution in [0.2, 0.25) is 0 Å². The van der Waals surface area contributed by atoms with Gasteiger partial charge in [0.2, 0.25) is 0 Å². The molecule has 0 unspecified atom stereocenters. The number of nitrogens with two attached hydrogens (primary N) is 1. The number of hydrogen-bond donors (Lipinski definition) is 1. The Balaban J connectivity index is 4.04. The van der Waals surface area contributed by atoms with Gasteiger partial charge in [-0.15, -0.1) is 0 Å². The van der Waals surface area contributed by atoms with Crippen molar-refractivity contribution in [1.82, 2.24) is 0 Å². The molecule has 68 valence electrons. The van der Waals surface area contributed by atoms with Gasteiger partial charge in [-0.05, 0) is 27.2 Å². The van der Waals surface area contributed by atoms with E-state index in [9.17, 15) is 4.79 Å². The molecule has 0 aromatic rings. The minimum Gasteiger partial charge on any atom is -0.328 e. The van der Waals surface area contributed by atoms with Gasteiger partial charge < -0.3 is 5.73 Å². The number of Topliss-reactive ketones (excluding diaryl/α,β-unsaturated/α-hetero) is 1. The Morgan fingerprint density at radius 1 is 1.58 bits per heavy atom. The SMILES string of the molecule is C/C=C(\C=C/C[C@H](C)N)C(C)=O. The first-order valence-electron chi connectivity index (χ1n) is 4.17. The lowest BCUT2D eigenvalue weighted by molar-refractivity contribution is -0.113. The largest absolute Gasteiger partial charge is 0.328 e. The third-order valence-electron chi connectivity index (χ3n) is 1.52. The van der Waals surface area contributed by atoms with Gasteiger partial charge in [0.25, 0.3) is 0 Å². The summed E-state index contributed by atoms with van der Waals surface area (Å²) in [5, 5.41) is 0. The molecule has 0 radical (unpaired) electrons. The van der Waals surface area contributed by atoms with Crippen LogP contribution in [0.1, 0.15) is 27.2 Å². The highest BCUT2D eigenvalue weighted by Gasteiger charge is 1.96. The van der Waals surface area contributed by atoms with Crippen LogP contribution in [0.15, 0.2) is 23.8 Å². The summed E-state index contributed by atoms with van der Waals surface area (Å²) in [7, 11) is 0. The molecule has 0 heterocycles. The van der Waals surface area contributed by atoms with E-state index in [1.54, 1.807) is 13.0 Å². The first-order chi connectivity index (χ1) is 5.57. The van der Waals surface area contributed by atoms with Crippen LogP contribution in [0.5, 0.6) is 0 Å². The summed E-state index contributed by atoms with van der Waals surface area (Å²) < 4.78 is 0. The lowest BCUT2D eigenvalue weighted by Crippen LogP contribution is -2.12. The molecule has 0 rings (SSSR count). The lowest BCUT2D eigenvalue weighted by atomic mass is 10.1. The monoisotopic (exact) mass is 167 g/mol. The summed E-state index contributed by atoms with van der Waals surface area (Å²) in [6.45, 7) is 5.35. The normalized spacial score (nSPS) is 15.2. The summed E-state index contributed by atoms with van der Waals surface area (Å²) in [4.78, 5) is 10.9. The average molecular weight is 167 g/mol. The molecule has 0 aliphatic rings. The van der Waals surface area contributed by atoms with Crippen molar-refractivity contribution in [1.29, 1.82) is 0 Å². The Morgan fingerprint density at radius 2 is 2.17 bits per heavy atom. The number of ketones is 1. The predicted molar refractivity (Wildman–Crippen MR) is 51.8 cm³/mol. The number of allylic oxidation sites excluding steroid dienone is 3.